The van der Waals surface area contributed by atoms with E-state index in [4.69, 9.17) is 10.2 Å². The van der Waals surface area contributed by atoms with E-state index >= 15 is 0 Å². The molecule has 0 aromatic heterocycles. The molecular formula is C11H18O5. The first-order valence-electron chi connectivity index (χ1n) is 4.75. The van der Waals surface area contributed by atoms with E-state index in [1.165, 1.54) is 6.92 Å². The predicted molar refractivity (Wildman–Crippen MR) is 59.5 cm³/mol. The Kier molecular flexibility index (Phi) is 12.3. The molecule has 0 atom stereocenters. The van der Waals surface area contributed by atoms with Crippen molar-refractivity contribution in [2.45, 2.75) is 19.8 Å². The summed E-state index contributed by atoms with van der Waals surface area (Å²) in [6.45, 7) is 8.24. The number of hydrogen-bond acceptors (Lipinski definition) is 5. The van der Waals surface area contributed by atoms with E-state index < -0.39 is 11.9 Å². The third kappa shape index (κ3) is 12.5. The van der Waals surface area contributed by atoms with Crippen molar-refractivity contribution in [3.05, 3.63) is 24.8 Å². The molecule has 5 heteroatoms. The summed E-state index contributed by atoms with van der Waals surface area (Å²) in [5.74, 6) is -1.47. The number of rotatable bonds is 5. The van der Waals surface area contributed by atoms with Crippen molar-refractivity contribution in [2.75, 3.05) is 13.2 Å². The molecule has 0 aromatic carbocycles. The fourth-order valence-corrected chi connectivity index (χ4v) is 0.444. The van der Waals surface area contributed by atoms with E-state index in [0.717, 1.165) is 18.9 Å². The van der Waals surface area contributed by atoms with Crippen LogP contribution in [0.25, 0.3) is 0 Å². The summed E-state index contributed by atoms with van der Waals surface area (Å²) in [6, 6.07) is 0. The van der Waals surface area contributed by atoms with E-state index in [0.29, 0.717) is 0 Å². The van der Waals surface area contributed by atoms with Gasteiger partial charge in [0.2, 0.25) is 0 Å². The molecule has 16 heavy (non-hydrogen) atoms. The highest BCUT2D eigenvalue weighted by Crippen LogP contribution is 1.92. The molecule has 0 fully saturated rings. The number of unbranched alkanes of at least 4 members (excludes halogenated alkanes) is 1. The van der Waals surface area contributed by atoms with Crippen molar-refractivity contribution in [3.8, 4) is 0 Å². The van der Waals surface area contributed by atoms with Gasteiger partial charge in [-0.25, -0.2) is 9.59 Å². The largest absolute Gasteiger partial charge is 0.396 e. The SMILES string of the molecule is C=CC(=O)OC(=O)C(=C)C.OCCCCO. The highest BCUT2D eigenvalue weighted by molar-refractivity contribution is 5.98. The van der Waals surface area contributed by atoms with Gasteiger partial charge in [-0.15, -0.1) is 0 Å². The topological polar surface area (TPSA) is 83.8 Å². The Morgan fingerprint density at radius 1 is 1.25 bits per heavy atom. The fourth-order valence-electron chi connectivity index (χ4n) is 0.444. The highest BCUT2D eigenvalue weighted by atomic mass is 16.6. The maximum Gasteiger partial charge on any atom is 0.340 e. The number of carbonyl (C=O) groups excluding carboxylic acids is 2. The Balaban J connectivity index is 0. The van der Waals surface area contributed by atoms with Crippen LogP contribution in [0.15, 0.2) is 24.8 Å². The average molecular weight is 230 g/mol. The maximum absolute atomic E-state index is 10.5. The molecule has 0 bridgehead atoms. The van der Waals surface area contributed by atoms with Crippen molar-refractivity contribution in [2.24, 2.45) is 0 Å². The van der Waals surface area contributed by atoms with Crippen LogP contribution in [0.3, 0.4) is 0 Å². The highest BCUT2D eigenvalue weighted by Gasteiger charge is 2.06. The van der Waals surface area contributed by atoms with Crippen molar-refractivity contribution in [3.63, 3.8) is 0 Å². The summed E-state index contributed by atoms with van der Waals surface area (Å²) in [4.78, 5) is 20.8. The average Bonchev–Trinajstić information content (AvgIpc) is 2.26. The van der Waals surface area contributed by atoms with E-state index in [9.17, 15) is 9.59 Å². The molecule has 0 unspecified atom stereocenters. The van der Waals surface area contributed by atoms with E-state index in [2.05, 4.69) is 17.9 Å². The molecule has 0 aliphatic rings. The molecular weight excluding hydrogens is 212 g/mol. The normalized spacial score (nSPS) is 8.44. The standard InChI is InChI=1S/C7H8O3.C4H10O2/c1-4-6(8)10-7(9)5(2)3;5-3-1-2-4-6/h4H,1-2H2,3H3;5-6H,1-4H2. The summed E-state index contributed by atoms with van der Waals surface area (Å²) >= 11 is 0. The minimum Gasteiger partial charge on any atom is -0.396 e. The van der Waals surface area contributed by atoms with Gasteiger partial charge in [0, 0.05) is 24.9 Å². The minimum absolute atomic E-state index is 0.190. The Morgan fingerprint density at radius 3 is 1.94 bits per heavy atom. The third-order valence-electron chi connectivity index (χ3n) is 1.27. The van der Waals surface area contributed by atoms with E-state index in [1.54, 1.807) is 0 Å². The Labute approximate surface area is 95.0 Å². The number of esters is 2. The zero-order chi connectivity index (χ0) is 13.0. The van der Waals surface area contributed by atoms with Crippen molar-refractivity contribution in [1.82, 2.24) is 0 Å². The van der Waals surface area contributed by atoms with Crippen LogP contribution in [0.2, 0.25) is 0 Å². The third-order valence-corrected chi connectivity index (χ3v) is 1.27. The lowest BCUT2D eigenvalue weighted by molar-refractivity contribution is -0.153. The molecule has 0 saturated heterocycles. The lowest BCUT2D eigenvalue weighted by Gasteiger charge is -1.95. The van der Waals surface area contributed by atoms with Gasteiger partial charge in [0.25, 0.3) is 0 Å². The zero-order valence-corrected chi connectivity index (χ0v) is 9.44. The Hall–Kier alpha value is -1.46. The van der Waals surface area contributed by atoms with Gasteiger partial charge in [0.05, 0.1) is 0 Å². The Morgan fingerprint density at radius 2 is 1.69 bits per heavy atom. The quantitative estimate of drug-likeness (QED) is 0.312. The van der Waals surface area contributed by atoms with Crippen molar-refractivity contribution in [1.29, 1.82) is 0 Å². The first-order chi connectivity index (χ1) is 7.49. The molecule has 0 rings (SSSR count). The van der Waals surface area contributed by atoms with Crippen LogP contribution in [-0.2, 0) is 14.3 Å². The van der Waals surface area contributed by atoms with Gasteiger partial charge >= 0.3 is 11.9 Å². The van der Waals surface area contributed by atoms with Crippen LogP contribution in [0.1, 0.15) is 19.8 Å². The van der Waals surface area contributed by atoms with Gasteiger partial charge in [-0.3, -0.25) is 0 Å². The van der Waals surface area contributed by atoms with Crippen LogP contribution >= 0.6 is 0 Å². The van der Waals surface area contributed by atoms with Crippen molar-refractivity contribution >= 4 is 11.9 Å². The molecule has 0 spiro atoms. The zero-order valence-electron chi connectivity index (χ0n) is 9.44. The second-order valence-electron chi connectivity index (χ2n) is 2.85. The molecule has 0 aliphatic heterocycles. The molecule has 0 aliphatic carbocycles. The number of aliphatic hydroxyl groups excluding tert-OH is 2. The van der Waals surface area contributed by atoms with Crippen LogP contribution in [0.4, 0.5) is 0 Å². The monoisotopic (exact) mass is 230 g/mol. The van der Waals surface area contributed by atoms with Crippen LogP contribution in [0, 0.1) is 0 Å². The second-order valence-corrected chi connectivity index (χ2v) is 2.85. The van der Waals surface area contributed by atoms with Gasteiger partial charge in [0.1, 0.15) is 0 Å². The molecule has 2 N–H and O–H groups in total. The molecule has 5 nitrogen and oxygen atoms in total. The van der Waals surface area contributed by atoms with Gasteiger partial charge < -0.3 is 14.9 Å². The maximum atomic E-state index is 10.5. The van der Waals surface area contributed by atoms with Crippen LogP contribution in [-0.4, -0.2) is 35.4 Å². The molecule has 0 saturated carbocycles. The summed E-state index contributed by atoms with van der Waals surface area (Å²) in [6.07, 6.45) is 2.36. The molecule has 0 amide bonds. The van der Waals surface area contributed by atoms with Gasteiger partial charge in [-0.2, -0.15) is 0 Å². The van der Waals surface area contributed by atoms with Crippen LogP contribution in [0.5, 0.6) is 0 Å². The number of hydrogen-bond donors (Lipinski definition) is 2. The molecule has 0 radical (unpaired) electrons. The van der Waals surface area contributed by atoms with Crippen LogP contribution < -0.4 is 0 Å². The molecule has 0 heterocycles. The summed E-state index contributed by atoms with van der Waals surface area (Å²) in [7, 11) is 0. The number of ether oxygens (including phenoxy) is 1. The van der Waals surface area contributed by atoms with Gasteiger partial charge in [-0.1, -0.05) is 13.2 Å². The lowest BCUT2D eigenvalue weighted by Crippen LogP contribution is -2.09. The molecule has 0 aromatic rings. The summed E-state index contributed by atoms with van der Waals surface area (Å²) in [5.41, 5.74) is 0.190. The molecule has 92 valence electrons. The number of carbonyl (C=O) groups is 2. The second kappa shape index (κ2) is 11.6. The summed E-state index contributed by atoms with van der Waals surface area (Å²) < 4.78 is 4.17. The predicted octanol–water partition coefficient (Wildman–Crippen LogP) is 0.569. The Bertz CT molecular complexity index is 241. The summed E-state index contributed by atoms with van der Waals surface area (Å²) in [5, 5.41) is 16.2. The van der Waals surface area contributed by atoms with E-state index in [-0.39, 0.29) is 18.8 Å². The van der Waals surface area contributed by atoms with Gasteiger partial charge in [0.15, 0.2) is 0 Å². The first-order valence-corrected chi connectivity index (χ1v) is 4.75. The van der Waals surface area contributed by atoms with Crippen molar-refractivity contribution < 1.29 is 24.5 Å². The van der Waals surface area contributed by atoms with Gasteiger partial charge in [-0.05, 0) is 19.8 Å². The number of aliphatic hydroxyl groups is 2. The van der Waals surface area contributed by atoms with E-state index in [1.807, 2.05) is 0 Å². The fraction of sp³-hybridized carbons (Fsp3) is 0.455. The first kappa shape index (κ1) is 17.0. The smallest absolute Gasteiger partial charge is 0.340 e. The lowest BCUT2D eigenvalue weighted by atomic mass is 10.3. The minimum atomic E-state index is -0.756.